The zero-order valence-corrected chi connectivity index (χ0v) is 19.4. The Morgan fingerprint density at radius 3 is 2.11 bits per heavy atom. The van der Waals surface area contributed by atoms with Crippen molar-refractivity contribution in [1.82, 2.24) is 5.32 Å². The number of amides is 1. The van der Waals surface area contributed by atoms with Crippen molar-refractivity contribution in [3.05, 3.63) is 64.7 Å². The van der Waals surface area contributed by atoms with Gasteiger partial charge in [-0.2, -0.15) is 39.5 Å². The van der Waals surface area contributed by atoms with E-state index in [4.69, 9.17) is 4.74 Å². The van der Waals surface area contributed by atoms with E-state index in [0.717, 1.165) is 12.1 Å². The van der Waals surface area contributed by atoms with Crippen LogP contribution in [0, 0.1) is 0 Å². The minimum absolute atomic E-state index is 0.118. The summed E-state index contributed by atoms with van der Waals surface area (Å²) < 4.78 is 126. The number of halogens is 9. The Morgan fingerprint density at radius 1 is 0.946 bits per heavy atom. The number of ether oxygens (including phenoxy) is 1. The van der Waals surface area contributed by atoms with Crippen LogP contribution >= 0.6 is 0 Å². The van der Waals surface area contributed by atoms with Gasteiger partial charge in [-0.25, -0.2) is 0 Å². The van der Waals surface area contributed by atoms with Gasteiger partial charge in [0.2, 0.25) is 11.5 Å². The Labute approximate surface area is 205 Å². The van der Waals surface area contributed by atoms with Crippen LogP contribution in [0.5, 0.6) is 0 Å². The highest BCUT2D eigenvalue weighted by Gasteiger charge is 2.55. The third-order valence-corrected chi connectivity index (χ3v) is 5.45. The number of alkyl halides is 9. The van der Waals surface area contributed by atoms with E-state index in [1.165, 1.54) is 7.11 Å². The number of methoxy groups -OCH3 is 1. The summed E-state index contributed by atoms with van der Waals surface area (Å²) in [4.78, 5) is 11.9. The SMILES string of the molecule is CO[C@H](C)CC(=O)NCc1ccc(NC[C@@](O)(c2cccc(C(F)(F)F)c2)C(F)(F)F)cc1C(F)(F)F. The van der Waals surface area contributed by atoms with Crippen LogP contribution in [0.3, 0.4) is 0 Å². The number of nitrogens with one attached hydrogen (secondary N) is 2. The van der Waals surface area contributed by atoms with E-state index in [9.17, 15) is 49.4 Å². The van der Waals surface area contributed by atoms with Crippen molar-refractivity contribution in [2.24, 2.45) is 0 Å². The molecule has 0 spiro atoms. The quantitative estimate of drug-likeness (QED) is 0.357. The number of carbonyl (C=O) groups excluding carboxylic acids is 1. The third kappa shape index (κ3) is 7.74. The zero-order chi connectivity index (χ0) is 28.2. The van der Waals surface area contributed by atoms with Crippen molar-refractivity contribution in [2.75, 3.05) is 19.0 Å². The summed E-state index contributed by atoms with van der Waals surface area (Å²) >= 11 is 0. The van der Waals surface area contributed by atoms with E-state index >= 15 is 0 Å². The maximum Gasteiger partial charge on any atom is 0.423 e. The van der Waals surface area contributed by atoms with Gasteiger partial charge in [-0.1, -0.05) is 18.2 Å². The first-order valence-corrected chi connectivity index (χ1v) is 10.6. The Morgan fingerprint density at radius 2 is 1.57 bits per heavy atom. The minimum atomic E-state index is -5.49. The molecule has 0 radical (unpaired) electrons. The molecule has 0 aliphatic heterocycles. The fraction of sp³-hybridized carbons (Fsp3) is 0.435. The molecule has 206 valence electrons. The fourth-order valence-corrected chi connectivity index (χ4v) is 3.26. The van der Waals surface area contributed by atoms with Crippen molar-refractivity contribution >= 4 is 11.6 Å². The topological polar surface area (TPSA) is 70.6 Å². The normalized spacial score (nSPS) is 15.1. The average molecular weight is 546 g/mol. The molecular formula is C23H23F9N2O3. The monoisotopic (exact) mass is 546 g/mol. The largest absolute Gasteiger partial charge is 0.423 e. The lowest BCUT2D eigenvalue weighted by atomic mass is 9.91. The molecule has 2 atom stereocenters. The lowest BCUT2D eigenvalue weighted by Gasteiger charge is -2.32. The number of carbonyl (C=O) groups is 1. The number of anilines is 1. The van der Waals surface area contributed by atoms with Crippen molar-refractivity contribution in [1.29, 1.82) is 0 Å². The molecule has 0 saturated heterocycles. The smallest absolute Gasteiger partial charge is 0.381 e. The second kappa shape index (κ2) is 11.2. The van der Waals surface area contributed by atoms with E-state index in [1.807, 2.05) is 5.32 Å². The molecule has 1 amide bonds. The van der Waals surface area contributed by atoms with Gasteiger partial charge in [0.25, 0.3) is 0 Å². The van der Waals surface area contributed by atoms with Gasteiger partial charge in [0, 0.05) is 19.3 Å². The average Bonchev–Trinajstić information content (AvgIpc) is 2.79. The van der Waals surface area contributed by atoms with Crippen LogP contribution in [0.1, 0.15) is 35.6 Å². The number of hydrogen-bond donors (Lipinski definition) is 3. The highest BCUT2D eigenvalue weighted by molar-refractivity contribution is 5.76. The Hall–Kier alpha value is -3.00. The Kier molecular flexibility index (Phi) is 9.13. The van der Waals surface area contributed by atoms with Crippen LogP contribution in [0.4, 0.5) is 45.2 Å². The molecule has 0 aliphatic rings. The van der Waals surface area contributed by atoms with E-state index in [-0.39, 0.29) is 18.1 Å². The lowest BCUT2D eigenvalue weighted by Crippen LogP contribution is -2.48. The molecule has 0 aliphatic carbocycles. The lowest BCUT2D eigenvalue weighted by molar-refractivity contribution is -0.260. The summed E-state index contributed by atoms with van der Waals surface area (Å²) in [5, 5.41) is 14.7. The van der Waals surface area contributed by atoms with E-state index in [2.05, 4.69) is 5.32 Å². The van der Waals surface area contributed by atoms with E-state index in [0.29, 0.717) is 24.3 Å². The van der Waals surface area contributed by atoms with Gasteiger partial charge in [-0.15, -0.1) is 0 Å². The second-order valence-electron chi connectivity index (χ2n) is 8.19. The molecule has 0 saturated carbocycles. The molecule has 3 N–H and O–H groups in total. The number of benzene rings is 2. The highest BCUT2D eigenvalue weighted by Crippen LogP contribution is 2.41. The Balaban J connectivity index is 2.32. The number of hydrogen-bond acceptors (Lipinski definition) is 4. The number of rotatable bonds is 9. The molecule has 2 aromatic carbocycles. The fourth-order valence-electron chi connectivity index (χ4n) is 3.26. The Bertz CT molecular complexity index is 1080. The van der Waals surface area contributed by atoms with Crippen LogP contribution in [-0.2, 0) is 34.0 Å². The van der Waals surface area contributed by atoms with Gasteiger partial charge in [0.15, 0.2) is 0 Å². The maximum absolute atomic E-state index is 13.7. The van der Waals surface area contributed by atoms with Crippen LogP contribution < -0.4 is 10.6 Å². The first kappa shape index (κ1) is 30.2. The molecule has 0 bridgehead atoms. The first-order valence-electron chi connectivity index (χ1n) is 10.6. The first-order chi connectivity index (χ1) is 16.9. The van der Waals surface area contributed by atoms with Crippen LogP contribution in [-0.4, -0.2) is 36.9 Å². The van der Waals surface area contributed by atoms with Gasteiger partial charge in [-0.3, -0.25) is 4.79 Å². The summed E-state index contributed by atoms with van der Waals surface area (Å²) in [5.41, 5.74) is -8.61. The highest BCUT2D eigenvalue weighted by atomic mass is 19.4. The van der Waals surface area contributed by atoms with Crippen molar-refractivity contribution in [3.8, 4) is 0 Å². The third-order valence-electron chi connectivity index (χ3n) is 5.45. The molecule has 5 nitrogen and oxygen atoms in total. The van der Waals surface area contributed by atoms with Gasteiger partial charge < -0.3 is 20.5 Å². The second-order valence-corrected chi connectivity index (χ2v) is 8.19. The van der Waals surface area contributed by atoms with Crippen molar-refractivity contribution in [2.45, 2.75) is 50.1 Å². The maximum atomic E-state index is 13.7. The van der Waals surface area contributed by atoms with Gasteiger partial charge in [0.1, 0.15) is 0 Å². The predicted molar refractivity (Wildman–Crippen MR) is 114 cm³/mol. The van der Waals surface area contributed by atoms with Crippen LogP contribution in [0.15, 0.2) is 42.5 Å². The minimum Gasteiger partial charge on any atom is -0.381 e. The summed E-state index contributed by atoms with van der Waals surface area (Å²) in [5.74, 6) is -0.596. The molecule has 0 fully saturated rings. The molecule has 2 rings (SSSR count). The molecule has 0 unspecified atom stereocenters. The van der Waals surface area contributed by atoms with Crippen molar-refractivity contribution in [3.63, 3.8) is 0 Å². The van der Waals surface area contributed by atoms with Crippen LogP contribution in [0.2, 0.25) is 0 Å². The molecular weight excluding hydrogens is 523 g/mol. The van der Waals surface area contributed by atoms with Crippen molar-refractivity contribution < 1.29 is 54.2 Å². The molecule has 2 aromatic rings. The van der Waals surface area contributed by atoms with E-state index in [1.54, 1.807) is 6.92 Å². The van der Waals surface area contributed by atoms with Gasteiger partial charge in [-0.05, 0) is 42.3 Å². The summed E-state index contributed by atoms with van der Waals surface area (Å²) in [6.45, 7) is -0.454. The molecule has 14 heteroatoms. The standard InChI is InChI=1S/C23H23F9N2O3/c1-13(37-2)8-19(35)33-11-14-6-7-17(10-18(14)22(27,28)29)34-12-20(36,23(30,31)32)15-4-3-5-16(9-15)21(24,25)26/h3-7,9-10,13,34,36H,8,11-12H2,1-2H3,(H,33,35)/t13-,20-/m1/s1. The number of aliphatic hydroxyl groups is 1. The predicted octanol–water partition coefficient (Wildman–Crippen LogP) is 5.63. The summed E-state index contributed by atoms with van der Waals surface area (Å²) in [7, 11) is 1.35. The summed E-state index contributed by atoms with van der Waals surface area (Å²) in [6, 6.07) is 4.31. The molecule has 0 heterocycles. The zero-order valence-electron chi connectivity index (χ0n) is 19.4. The van der Waals surface area contributed by atoms with Crippen LogP contribution in [0.25, 0.3) is 0 Å². The van der Waals surface area contributed by atoms with Gasteiger partial charge in [0.05, 0.1) is 30.2 Å². The summed E-state index contributed by atoms with van der Waals surface area (Å²) in [6.07, 6.45) is -16.1. The molecule has 0 aromatic heterocycles. The van der Waals surface area contributed by atoms with Gasteiger partial charge >= 0.3 is 18.5 Å². The molecule has 37 heavy (non-hydrogen) atoms. The van der Waals surface area contributed by atoms with E-state index < -0.39 is 71.6 Å².